The number of likely N-dealkylation sites (N-methyl/N-ethyl adjacent to an activating group) is 2. The SMILES string of the molecule is CN(C)C(=O)Cc1ccc2c(c1)nc1n2CCc2cccc(c2)-c2ccc(=O)n(n2)Cc2cccc(c2)C(=O)N1.CN(C)C(=O)Cc1ccc2nc3n(c2c1)CCc1cccc(c1)-c1ccc(=O)n(n1)Cc1cccc(c1)C(=O)N3. The van der Waals surface area contributed by atoms with Crippen molar-refractivity contribution < 1.29 is 19.2 Å². The second-order valence-electron chi connectivity index (χ2n) is 20.4. The summed E-state index contributed by atoms with van der Waals surface area (Å²) in [6.07, 6.45) is 1.89. The van der Waals surface area contributed by atoms with Crippen molar-refractivity contribution in [1.29, 1.82) is 0 Å². The molecule has 4 amide bonds. The third-order valence-corrected chi connectivity index (χ3v) is 14.3. The molecule has 18 nitrogen and oxygen atoms in total. The first-order valence-electron chi connectivity index (χ1n) is 26.2. The minimum atomic E-state index is -0.301. The largest absolute Gasteiger partial charge is 0.349 e. The van der Waals surface area contributed by atoms with Crippen molar-refractivity contribution in [1.82, 2.24) is 48.5 Å². The fourth-order valence-corrected chi connectivity index (χ4v) is 9.87. The van der Waals surface area contributed by atoms with Crippen LogP contribution in [-0.4, -0.2) is 100 Å². The number of anilines is 2. The summed E-state index contributed by atoms with van der Waals surface area (Å²) in [4.78, 5) is 89.3. The van der Waals surface area contributed by atoms with E-state index in [-0.39, 0.29) is 60.7 Å². The first-order valence-corrected chi connectivity index (χ1v) is 26.2. The normalized spacial score (nSPS) is 13.0. The van der Waals surface area contributed by atoms with E-state index in [2.05, 4.69) is 39.0 Å². The number of rotatable bonds is 4. The molecule has 0 spiro atoms. The summed E-state index contributed by atoms with van der Waals surface area (Å²) < 4.78 is 6.84. The number of aromatic nitrogens is 8. The highest BCUT2D eigenvalue weighted by Gasteiger charge is 2.20. The summed E-state index contributed by atoms with van der Waals surface area (Å²) in [5.41, 5.74) is 12.3. The summed E-state index contributed by atoms with van der Waals surface area (Å²) in [6, 6.07) is 48.6. The molecule has 2 aliphatic rings. The van der Waals surface area contributed by atoms with Crippen LogP contribution in [0.25, 0.3) is 44.6 Å². The molecule has 6 heterocycles. The van der Waals surface area contributed by atoms with Crippen molar-refractivity contribution in [2.24, 2.45) is 0 Å². The van der Waals surface area contributed by atoms with Crippen molar-refractivity contribution in [2.75, 3.05) is 38.8 Å². The van der Waals surface area contributed by atoms with Gasteiger partial charge in [0.25, 0.3) is 22.9 Å². The lowest BCUT2D eigenvalue weighted by molar-refractivity contribution is -0.128. The molecule has 12 bridgehead atoms. The molecule has 2 aliphatic heterocycles. The highest BCUT2D eigenvalue weighted by atomic mass is 16.2. The molecule has 0 saturated carbocycles. The van der Waals surface area contributed by atoms with Crippen LogP contribution in [0.4, 0.5) is 11.9 Å². The molecule has 400 valence electrons. The first kappa shape index (κ1) is 52.0. The van der Waals surface area contributed by atoms with Gasteiger partial charge in [0, 0.05) is 75.7 Å². The van der Waals surface area contributed by atoms with E-state index in [1.165, 1.54) is 21.5 Å². The van der Waals surface area contributed by atoms with Gasteiger partial charge in [-0.15, -0.1) is 0 Å². The maximum atomic E-state index is 13.4. The summed E-state index contributed by atoms with van der Waals surface area (Å²) >= 11 is 0. The van der Waals surface area contributed by atoms with Crippen LogP contribution in [0.3, 0.4) is 0 Å². The second kappa shape index (κ2) is 22.1. The molecule has 0 fully saturated rings. The Kier molecular flexibility index (Phi) is 14.4. The third kappa shape index (κ3) is 11.3. The van der Waals surface area contributed by atoms with E-state index >= 15 is 0 Å². The van der Waals surface area contributed by atoms with Gasteiger partial charge in [0.1, 0.15) is 0 Å². The average Bonchev–Trinajstić information content (AvgIpc) is 4.20. The Morgan fingerprint density at radius 1 is 0.463 bits per heavy atom. The molecule has 80 heavy (non-hydrogen) atoms. The molecule has 6 aromatic carbocycles. The molecule has 0 atom stereocenters. The van der Waals surface area contributed by atoms with E-state index in [1.54, 1.807) is 86.5 Å². The Labute approximate surface area is 459 Å². The number of aryl methyl sites for hydroxylation is 4. The fraction of sp³-hybridized carbons (Fsp3) is 0.194. The minimum absolute atomic E-state index is 0.00593. The third-order valence-electron chi connectivity index (χ3n) is 14.3. The zero-order chi connectivity index (χ0) is 55.6. The van der Waals surface area contributed by atoms with Crippen molar-refractivity contribution in [3.05, 3.63) is 223 Å². The smallest absolute Gasteiger partial charge is 0.267 e. The minimum Gasteiger partial charge on any atom is -0.349 e. The van der Waals surface area contributed by atoms with Gasteiger partial charge in [0.05, 0.1) is 59.4 Å². The first-order chi connectivity index (χ1) is 38.7. The van der Waals surface area contributed by atoms with E-state index in [9.17, 15) is 28.8 Å². The molecule has 10 aromatic rings. The number of fused-ring (bicyclic) bond motifs is 20. The molecule has 18 heteroatoms. The monoisotopic (exact) mass is 1060 g/mol. The lowest BCUT2D eigenvalue weighted by Crippen LogP contribution is -2.23. The Morgan fingerprint density at radius 3 is 1.41 bits per heavy atom. The van der Waals surface area contributed by atoms with Gasteiger partial charge in [-0.1, -0.05) is 72.8 Å². The van der Waals surface area contributed by atoms with Crippen LogP contribution in [-0.2, 0) is 61.5 Å². The maximum absolute atomic E-state index is 13.4. The predicted molar refractivity (Wildman–Crippen MR) is 307 cm³/mol. The molecule has 0 unspecified atom stereocenters. The van der Waals surface area contributed by atoms with Crippen molar-refractivity contribution >= 4 is 57.6 Å². The van der Waals surface area contributed by atoms with Crippen LogP contribution in [0.2, 0.25) is 0 Å². The number of hydrogen-bond acceptors (Lipinski definition) is 10. The van der Waals surface area contributed by atoms with Crippen LogP contribution >= 0.6 is 0 Å². The lowest BCUT2D eigenvalue weighted by Gasteiger charge is -2.14. The van der Waals surface area contributed by atoms with E-state index < -0.39 is 0 Å². The van der Waals surface area contributed by atoms with E-state index in [1.807, 2.05) is 88.0 Å². The number of amides is 4. The Morgan fingerprint density at radius 2 is 0.900 bits per heavy atom. The highest BCUT2D eigenvalue weighted by Crippen LogP contribution is 2.27. The van der Waals surface area contributed by atoms with Gasteiger partial charge >= 0.3 is 0 Å². The number of carbonyl (C=O) groups excluding carboxylic acids is 4. The van der Waals surface area contributed by atoms with Crippen molar-refractivity contribution in [3.63, 3.8) is 0 Å². The maximum Gasteiger partial charge on any atom is 0.267 e. The fourth-order valence-electron chi connectivity index (χ4n) is 9.87. The van der Waals surface area contributed by atoms with Crippen molar-refractivity contribution in [3.8, 4) is 22.5 Å². The number of carbonyl (C=O) groups is 4. The number of imidazole rings is 2. The van der Waals surface area contributed by atoms with Crippen LogP contribution < -0.4 is 21.8 Å². The summed E-state index contributed by atoms with van der Waals surface area (Å²) in [5, 5.41) is 15.2. The zero-order valence-electron chi connectivity index (χ0n) is 44.6. The lowest BCUT2D eigenvalue weighted by atomic mass is 10.1. The van der Waals surface area contributed by atoms with Gasteiger partial charge in [-0.3, -0.25) is 39.4 Å². The van der Waals surface area contributed by atoms with Gasteiger partial charge in [-0.05, 0) is 119 Å². The van der Waals surface area contributed by atoms with E-state index in [0.29, 0.717) is 65.9 Å². The highest BCUT2D eigenvalue weighted by molar-refractivity contribution is 6.05. The molecule has 2 N–H and O–H groups in total. The quantitative estimate of drug-likeness (QED) is 0.178. The summed E-state index contributed by atoms with van der Waals surface area (Å²) in [7, 11) is 6.95. The molecule has 0 aliphatic carbocycles. The van der Waals surface area contributed by atoms with Crippen LogP contribution in [0.15, 0.2) is 167 Å². The van der Waals surface area contributed by atoms with Gasteiger partial charge in [-0.2, -0.15) is 10.2 Å². The van der Waals surface area contributed by atoms with Gasteiger partial charge in [-0.25, -0.2) is 19.3 Å². The topological polar surface area (TPSA) is 204 Å². The molecule has 0 saturated heterocycles. The number of nitrogens with one attached hydrogen (secondary N) is 2. The Balaban J connectivity index is 0.000000169. The molecule has 12 rings (SSSR count). The second-order valence-corrected chi connectivity index (χ2v) is 20.4. The standard InChI is InChI=1S/2C31H28N6O3/c1-35(2)29(39)18-21-9-11-27-26(17-21)32-31-33-30(40)24-8-4-6-22(16-24)19-37-28(38)12-10-25(34-37)23-7-3-5-20(15-23)13-14-36(27)31;1-35(2)29(39)18-21-9-10-26-27(17-21)36-14-13-20-5-3-7-23(15-20)25-11-12-28(38)37(34-25)19-22-6-4-8-24(16-22)30(40)33-31(36)32-26/h2*3-12,15-17H,13-14,18-19H2,1-2H3,(H,32,33,40). The van der Waals surface area contributed by atoms with Crippen molar-refractivity contribution in [2.45, 2.75) is 51.9 Å². The molecular weight excluding hydrogens is 1010 g/mol. The molecular formula is C62H56N12O6. The number of benzene rings is 6. The van der Waals surface area contributed by atoms with E-state index in [4.69, 9.17) is 9.97 Å². The van der Waals surface area contributed by atoms with E-state index in [0.717, 1.165) is 61.1 Å². The number of hydrogen-bond donors (Lipinski definition) is 2. The summed E-state index contributed by atoms with van der Waals surface area (Å²) in [5.74, 6) is 0.290. The Bertz CT molecular complexity index is 4150. The zero-order valence-corrected chi connectivity index (χ0v) is 44.6. The molecule has 0 radical (unpaired) electrons. The van der Waals surface area contributed by atoms with Crippen LogP contribution in [0.1, 0.15) is 54.1 Å². The van der Waals surface area contributed by atoms with Gasteiger partial charge < -0.3 is 18.9 Å². The Hall–Kier alpha value is -10.1. The van der Waals surface area contributed by atoms with Crippen LogP contribution in [0, 0.1) is 0 Å². The van der Waals surface area contributed by atoms with Crippen LogP contribution in [0.5, 0.6) is 0 Å². The number of nitrogens with zero attached hydrogens (tertiary/aromatic N) is 10. The van der Waals surface area contributed by atoms with Gasteiger partial charge in [0.15, 0.2) is 0 Å². The predicted octanol–water partition coefficient (Wildman–Crippen LogP) is 7.49. The molecule has 4 aromatic heterocycles. The average molecular weight is 1070 g/mol. The summed E-state index contributed by atoms with van der Waals surface area (Å²) in [6.45, 7) is 1.59. The van der Waals surface area contributed by atoms with Gasteiger partial charge in [0.2, 0.25) is 23.7 Å².